The SMILES string of the molecule is C#CCN(C)C(=O)[C@@H]1CCc2c(sc3ncnc(Nc4ccc5[nH]c(=O)sc5c4)c23)C1. The Morgan fingerprint density at radius 2 is 2.26 bits per heavy atom. The van der Waals surface area contributed by atoms with Crippen LogP contribution in [-0.2, 0) is 17.6 Å². The minimum absolute atomic E-state index is 0.0537. The Kier molecular flexibility index (Phi) is 4.96. The first-order valence-corrected chi connectivity index (χ1v) is 11.5. The van der Waals surface area contributed by atoms with Crippen LogP contribution in [0.2, 0.25) is 0 Å². The van der Waals surface area contributed by atoms with E-state index in [-0.39, 0.29) is 16.7 Å². The first-order valence-electron chi connectivity index (χ1n) is 9.87. The summed E-state index contributed by atoms with van der Waals surface area (Å²) in [5.74, 6) is 3.33. The highest BCUT2D eigenvalue weighted by Gasteiger charge is 2.30. The van der Waals surface area contributed by atoms with E-state index in [1.807, 2.05) is 18.2 Å². The summed E-state index contributed by atoms with van der Waals surface area (Å²) in [5.41, 5.74) is 2.91. The average molecular weight is 450 g/mol. The van der Waals surface area contributed by atoms with Crippen molar-refractivity contribution in [1.82, 2.24) is 19.9 Å². The van der Waals surface area contributed by atoms with Crippen molar-refractivity contribution >= 4 is 60.5 Å². The minimum Gasteiger partial charge on any atom is -0.340 e. The van der Waals surface area contributed by atoms with E-state index in [0.29, 0.717) is 13.0 Å². The summed E-state index contributed by atoms with van der Waals surface area (Å²) >= 11 is 2.81. The van der Waals surface area contributed by atoms with Crippen LogP contribution in [0.1, 0.15) is 16.9 Å². The number of aromatic nitrogens is 3. The summed E-state index contributed by atoms with van der Waals surface area (Å²) in [4.78, 5) is 39.8. The van der Waals surface area contributed by atoms with Crippen LogP contribution in [0.15, 0.2) is 29.3 Å². The zero-order chi connectivity index (χ0) is 21.5. The predicted molar refractivity (Wildman–Crippen MR) is 125 cm³/mol. The molecule has 0 saturated carbocycles. The highest BCUT2D eigenvalue weighted by atomic mass is 32.1. The molecule has 1 amide bonds. The lowest BCUT2D eigenvalue weighted by Crippen LogP contribution is -2.35. The number of fused-ring (bicyclic) bond motifs is 4. The van der Waals surface area contributed by atoms with E-state index in [0.717, 1.165) is 44.8 Å². The number of amides is 1. The number of aryl methyl sites for hydroxylation is 1. The van der Waals surface area contributed by atoms with Gasteiger partial charge in [-0.15, -0.1) is 17.8 Å². The smallest absolute Gasteiger partial charge is 0.305 e. The quantitative estimate of drug-likeness (QED) is 0.465. The second-order valence-electron chi connectivity index (χ2n) is 7.59. The van der Waals surface area contributed by atoms with Gasteiger partial charge in [-0.05, 0) is 43.0 Å². The minimum atomic E-state index is -0.0690. The molecule has 31 heavy (non-hydrogen) atoms. The fourth-order valence-corrected chi connectivity index (χ4v) is 6.14. The summed E-state index contributed by atoms with van der Waals surface area (Å²) in [6.45, 7) is 0.328. The molecule has 0 spiro atoms. The first kappa shape index (κ1) is 19.7. The van der Waals surface area contributed by atoms with Gasteiger partial charge in [0.15, 0.2) is 0 Å². The van der Waals surface area contributed by atoms with Crippen molar-refractivity contribution in [2.45, 2.75) is 19.3 Å². The van der Waals surface area contributed by atoms with Gasteiger partial charge < -0.3 is 15.2 Å². The van der Waals surface area contributed by atoms with Crippen LogP contribution < -0.4 is 10.2 Å². The maximum atomic E-state index is 12.7. The molecule has 3 heterocycles. The molecule has 0 bridgehead atoms. The van der Waals surface area contributed by atoms with E-state index in [9.17, 15) is 9.59 Å². The number of rotatable bonds is 4. The lowest BCUT2D eigenvalue weighted by atomic mass is 9.87. The van der Waals surface area contributed by atoms with Crippen molar-refractivity contribution in [3.05, 3.63) is 44.6 Å². The third-order valence-corrected chi connectivity index (χ3v) is 7.59. The number of hydrogen-bond acceptors (Lipinski definition) is 7. The Morgan fingerprint density at radius 1 is 1.39 bits per heavy atom. The highest BCUT2D eigenvalue weighted by molar-refractivity contribution is 7.19. The Balaban J connectivity index is 1.47. The van der Waals surface area contributed by atoms with Gasteiger partial charge in [0.05, 0.1) is 22.1 Å². The number of terminal acetylenes is 1. The molecule has 1 aromatic carbocycles. The van der Waals surface area contributed by atoms with Crippen molar-refractivity contribution in [1.29, 1.82) is 0 Å². The lowest BCUT2D eigenvalue weighted by Gasteiger charge is -2.25. The summed E-state index contributed by atoms with van der Waals surface area (Å²) in [7, 11) is 1.76. The van der Waals surface area contributed by atoms with Gasteiger partial charge in [0.1, 0.15) is 17.0 Å². The molecule has 9 heteroatoms. The molecular weight excluding hydrogens is 430 g/mol. The van der Waals surface area contributed by atoms with Gasteiger partial charge >= 0.3 is 4.87 Å². The number of benzene rings is 1. The van der Waals surface area contributed by atoms with Gasteiger partial charge in [-0.2, -0.15) is 0 Å². The van der Waals surface area contributed by atoms with Gasteiger partial charge in [0, 0.05) is 23.5 Å². The summed E-state index contributed by atoms with van der Waals surface area (Å²) in [6, 6.07) is 5.76. The first-order chi connectivity index (χ1) is 15.0. The van der Waals surface area contributed by atoms with Crippen LogP contribution in [0.3, 0.4) is 0 Å². The zero-order valence-corrected chi connectivity index (χ0v) is 18.4. The number of carbonyl (C=O) groups is 1. The number of hydrogen-bond donors (Lipinski definition) is 2. The Labute approximate surface area is 186 Å². The molecule has 4 aromatic rings. The number of nitrogens with one attached hydrogen (secondary N) is 2. The molecule has 1 aliphatic rings. The van der Waals surface area contributed by atoms with Crippen LogP contribution in [0.25, 0.3) is 20.4 Å². The predicted octanol–water partition coefficient (Wildman–Crippen LogP) is 3.53. The number of H-pyrrole nitrogens is 1. The molecule has 0 aliphatic heterocycles. The zero-order valence-electron chi connectivity index (χ0n) is 16.8. The molecule has 1 atom stereocenters. The number of anilines is 2. The van der Waals surface area contributed by atoms with Gasteiger partial charge in [-0.1, -0.05) is 17.3 Å². The van der Waals surface area contributed by atoms with E-state index in [1.54, 1.807) is 29.6 Å². The van der Waals surface area contributed by atoms with Crippen LogP contribution >= 0.6 is 22.7 Å². The number of carbonyl (C=O) groups excluding carboxylic acids is 1. The van der Waals surface area contributed by atoms with Gasteiger partial charge in [-0.3, -0.25) is 9.59 Å². The molecule has 0 radical (unpaired) electrons. The molecule has 2 N–H and O–H groups in total. The second-order valence-corrected chi connectivity index (χ2v) is 9.69. The third kappa shape index (κ3) is 3.58. The monoisotopic (exact) mass is 449 g/mol. The molecular formula is C22H19N5O2S2. The summed E-state index contributed by atoms with van der Waals surface area (Å²) in [6.07, 6.45) is 9.20. The standard InChI is InChI=1S/C22H19N5O2S2/c1-3-8-27(2)21(28)12-4-6-14-16(9-12)30-20-18(14)19(23-11-24-20)25-13-5-7-15-17(10-13)31-22(29)26-15/h1,5,7,10-12H,4,6,8-9H2,2H3,(H,26,29)(H,23,24,25)/t12-/m1/s1. The Bertz CT molecular complexity index is 1410. The van der Waals surface area contributed by atoms with Crippen molar-refractivity contribution in [3.63, 3.8) is 0 Å². The molecule has 156 valence electrons. The number of thiazole rings is 1. The molecule has 7 nitrogen and oxygen atoms in total. The fourth-order valence-electron chi connectivity index (χ4n) is 4.10. The molecule has 0 saturated heterocycles. The van der Waals surface area contributed by atoms with Crippen molar-refractivity contribution < 1.29 is 4.79 Å². The van der Waals surface area contributed by atoms with E-state index in [4.69, 9.17) is 6.42 Å². The normalized spacial score (nSPS) is 15.5. The maximum absolute atomic E-state index is 12.7. The van der Waals surface area contributed by atoms with Crippen molar-refractivity contribution in [3.8, 4) is 12.3 Å². The van der Waals surface area contributed by atoms with Crippen LogP contribution in [0.4, 0.5) is 11.5 Å². The van der Waals surface area contributed by atoms with Gasteiger partial charge in [-0.25, -0.2) is 9.97 Å². The highest BCUT2D eigenvalue weighted by Crippen LogP contribution is 2.40. The number of nitrogens with zero attached hydrogens (tertiary/aromatic N) is 3. The average Bonchev–Trinajstić information content (AvgIpc) is 3.32. The summed E-state index contributed by atoms with van der Waals surface area (Å²) < 4.78 is 0.894. The maximum Gasteiger partial charge on any atom is 0.305 e. The number of aromatic amines is 1. The largest absolute Gasteiger partial charge is 0.340 e. The fraction of sp³-hybridized carbons (Fsp3) is 0.273. The Morgan fingerprint density at radius 3 is 3.10 bits per heavy atom. The van der Waals surface area contributed by atoms with E-state index < -0.39 is 0 Å². The molecule has 3 aromatic heterocycles. The van der Waals surface area contributed by atoms with E-state index in [2.05, 4.69) is 26.2 Å². The van der Waals surface area contributed by atoms with Gasteiger partial charge in [0.2, 0.25) is 5.91 Å². The summed E-state index contributed by atoms with van der Waals surface area (Å²) in [5, 5.41) is 4.42. The van der Waals surface area contributed by atoms with Gasteiger partial charge in [0.25, 0.3) is 0 Å². The lowest BCUT2D eigenvalue weighted by molar-refractivity contribution is -0.133. The van der Waals surface area contributed by atoms with Crippen molar-refractivity contribution in [2.75, 3.05) is 18.9 Å². The third-order valence-electron chi connectivity index (χ3n) is 5.58. The van der Waals surface area contributed by atoms with Crippen LogP contribution in [-0.4, -0.2) is 39.4 Å². The van der Waals surface area contributed by atoms with E-state index >= 15 is 0 Å². The Hall–Kier alpha value is -3.22. The van der Waals surface area contributed by atoms with Crippen LogP contribution in [0.5, 0.6) is 0 Å². The number of thiophene rings is 1. The molecule has 5 rings (SSSR count). The molecule has 0 unspecified atom stereocenters. The molecule has 1 aliphatic carbocycles. The second kappa shape index (κ2) is 7.80. The van der Waals surface area contributed by atoms with Crippen molar-refractivity contribution in [2.24, 2.45) is 5.92 Å². The van der Waals surface area contributed by atoms with Crippen LogP contribution in [0, 0.1) is 18.3 Å². The topological polar surface area (TPSA) is 91.0 Å². The molecule has 0 fully saturated rings. The van der Waals surface area contributed by atoms with E-state index in [1.165, 1.54) is 21.8 Å².